The summed E-state index contributed by atoms with van der Waals surface area (Å²) in [7, 11) is -6.58. The van der Waals surface area contributed by atoms with E-state index < -0.39 is 64.0 Å². The number of nitrogens with zero attached hydrogens (tertiary/aromatic N) is 31. The zero-order valence-electron chi connectivity index (χ0n) is 75.8. The fourth-order valence-electron chi connectivity index (χ4n) is 18.9. The highest BCUT2D eigenvalue weighted by Gasteiger charge is 2.46. The van der Waals surface area contributed by atoms with Crippen LogP contribution in [0.5, 0.6) is 0 Å². The van der Waals surface area contributed by atoms with Gasteiger partial charge >= 0.3 is 0 Å². The first-order chi connectivity index (χ1) is 67.4. The SMILES string of the molecule is CC1C(NS(C)(=O)=O)CCCN1c1ccnc(-c2cnc3cnc(C(F)F)cn23)n1.CS(=O)(=O)N1C2CCC1CN(c1ccnc(-c3cnc4cnc(C(F)F)cn34)n1)C2.C[C@@H]1CCCN(c2ccnc(-c3cnc4cnc(C(F)F)cn34)n2)C1.FC(F)c1cn2c(-c3nccc(N4CCCC5CCCC54)n3)cnc2cn1.NC(=O)C1COCCN(c2ccnc(-c3cnc4cnc(C(F)F)cn34)n2)C1. The van der Waals surface area contributed by atoms with Crippen LogP contribution in [0.4, 0.5) is 73.0 Å². The predicted molar refractivity (Wildman–Crippen MR) is 492 cm³/mol. The molecule has 1 saturated carbocycles. The van der Waals surface area contributed by atoms with E-state index in [1.165, 1.54) is 139 Å². The Kier molecular flexibility index (Phi) is 28.4. The number of aromatic nitrogens is 25. The molecule has 0 aromatic carbocycles. The second-order valence-corrected chi connectivity index (χ2v) is 38.6. The summed E-state index contributed by atoms with van der Waals surface area (Å²) >= 11 is 0. The van der Waals surface area contributed by atoms with Gasteiger partial charge in [0.25, 0.3) is 32.1 Å². The molecule has 1 amide bonds. The minimum Gasteiger partial charge on any atom is -0.379 e. The summed E-state index contributed by atoms with van der Waals surface area (Å²) < 4.78 is 195. The molecule has 6 saturated heterocycles. The molecule has 8 atom stereocenters. The smallest absolute Gasteiger partial charge is 0.281 e. The number of halogens is 10. The zero-order valence-corrected chi connectivity index (χ0v) is 77.4. The number of carbonyl (C=O) groups excluding carboxylic acids is 1. The van der Waals surface area contributed by atoms with E-state index in [0.717, 1.165) is 75.5 Å². The van der Waals surface area contributed by atoms with Gasteiger partial charge in [-0.2, -0.15) is 4.31 Å². The monoisotopic (exact) mass is 1980 g/mol. The number of hydrogen-bond acceptors (Lipinski definition) is 31. The van der Waals surface area contributed by atoms with E-state index in [4.69, 9.17) is 15.5 Å². The van der Waals surface area contributed by atoms with Gasteiger partial charge in [0.2, 0.25) is 26.0 Å². The van der Waals surface area contributed by atoms with Crippen molar-refractivity contribution >= 4 is 83.3 Å². The van der Waals surface area contributed by atoms with Crippen molar-refractivity contribution < 1.29 is 70.3 Å². The molecule has 15 aromatic rings. The fraction of sp³-hybridized carbons (Fsp3) is 0.427. The van der Waals surface area contributed by atoms with E-state index in [0.29, 0.717) is 155 Å². The van der Waals surface area contributed by atoms with Crippen LogP contribution in [0.15, 0.2) is 154 Å². The number of rotatable bonds is 19. The minimum absolute atomic E-state index is 0.0763. The molecule has 51 heteroatoms. The normalized spacial score (nSPS) is 20.3. The molecule has 3 N–H and O–H groups in total. The first-order valence-corrected chi connectivity index (χ1v) is 49.0. The number of alkyl halides is 10. The zero-order chi connectivity index (χ0) is 98.0. The number of fused-ring (bicyclic) bond motifs is 8. The Hall–Kier alpha value is -14.0. The molecule has 1 aliphatic carbocycles. The summed E-state index contributed by atoms with van der Waals surface area (Å²) in [5, 5.41) is 0. The predicted octanol–water partition coefficient (Wildman–Crippen LogP) is 12.1. The highest BCUT2D eigenvalue weighted by atomic mass is 32.2. The molecular weight excluding hydrogens is 1880 g/mol. The maximum Gasteiger partial charge on any atom is 0.281 e. The summed E-state index contributed by atoms with van der Waals surface area (Å²) in [6.07, 6.45) is 29.6. The first kappa shape index (κ1) is 96.3. The average Bonchev–Trinajstić information content (AvgIpc) is 1.61. The van der Waals surface area contributed by atoms with Crippen LogP contribution in [0.25, 0.3) is 85.8 Å². The lowest BCUT2D eigenvalue weighted by Gasteiger charge is -2.40. The molecule has 0 radical (unpaired) electrons. The molecule has 140 heavy (non-hydrogen) atoms. The van der Waals surface area contributed by atoms with Crippen LogP contribution in [0.2, 0.25) is 0 Å². The molecule has 21 heterocycles. The molecule has 22 rings (SSSR count). The van der Waals surface area contributed by atoms with Crippen molar-refractivity contribution in [2.75, 3.05) is 103 Å². The Morgan fingerprint density at radius 3 is 1.12 bits per heavy atom. The molecule has 7 unspecified atom stereocenters. The van der Waals surface area contributed by atoms with Crippen LogP contribution in [0.1, 0.15) is 145 Å². The van der Waals surface area contributed by atoms with Crippen molar-refractivity contribution in [3.05, 3.63) is 183 Å². The minimum atomic E-state index is -3.33. The molecule has 6 aliphatic heterocycles. The van der Waals surface area contributed by atoms with Crippen molar-refractivity contribution in [3.8, 4) is 57.6 Å². The van der Waals surface area contributed by atoms with Gasteiger partial charge < -0.3 is 35.0 Å². The average molecular weight is 1980 g/mol. The lowest BCUT2D eigenvalue weighted by atomic mass is 9.92. The molecule has 734 valence electrons. The highest BCUT2D eigenvalue weighted by Crippen LogP contribution is 2.41. The topological polar surface area (TPSA) is 432 Å². The lowest BCUT2D eigenvalue weighted by molar-refractivity contribution is -0.122. The van der Waals surface area contributed by atoms with Gasteiger partial charge in [-0.3, -0.25) is 26.8 Å². The number of sulfonamides is 2. The first-order valence-electron chi connectivity index (χ1n) is 45.2. The van der Waals surface area contributed by atoms with Gasteiger partial charge in [0.1, 0.15) is 86.0 Å². The molecule has 15 aromatic heterocycles. The van der Waals surface area contributed by atoms with Crippen molar-refractivity contribution in [3.63, 3.8) is 0 Å². The third kappa shape index (κ3) is 21.3. The molecular formula is C89H95F10N33O6S2. The summed E-state index contributed by atoms with van der Waals surface area (Å²) in [6.45, 7) is 10.5. The summed E-state index contributed by atoms with van der Waals surface area (Å²) in [5.41, 5.74) is 8.55. The number of amides is 1. The number of carbonyl (C=O) groups is 1. The quantitative estimate of drug-likeness (QED) is 0.0710. The molecule has 0 spiro atoms. The summed E-state index contributed by atoms with van der Waals surface area (Å²) in [4.78, 5) is 107. The number of imidazole rings is 5. The summed E-state index contributed by atoms with van der Waals surface area (Å²) in [5.74, 6) is 6.11. The highest BCUT2D eigenvalue weighted by molar-refractivity contribution is 7.88. The van der Waals surface area contributed by atoms with Crippen LogP contribution in [-0.2, 0) is 29.6 Å². The van der Waals surface area contributed by atoms with Crippen LogP contribution >= 0.6 is 0 Å². The third-order valence-electron chi connectivity index (χ3n) is 25.6. The van der Waals surface area contributed by atoms with E-state index in [2.05, 4.69) is 121 Å². The van der Waals surface area contributed by atoms with E-state index in [1.54, 1.807) is 74.7 Å². The van der Waals surface area contributed by atoms with Gasteiger partial charge in [0.15, 0.2) is 57.4 Å². The Bertz CT molecular complexity index is 7200. The fourth-order valence-corrected chi connectivity index (χ4v) is 21.2. The van der Waals surface area contributed by atoms with Crippen molar-refractivity contribution in [2.24, 2.45) is 23.5 Å². The Morgan fingerprint density at radius 2 is 0.743 bits per heavy atom. The standard InChI is InChI=1S/C19H20F2N6.C18H19F2N7O2S.C18H21F2N7O2S.C17H17F2N7O2.C17H18F2N6/c20-18(21)13-11-27-15(9-24-17(27)10-23-13)19-22-7-6-16(25-19)26-8-2-4-12-3-1-5-14(12)26;1-30(28,29)27-11-2-3-12(27)9-25(8-11)15-4-5-21-18(24-15)14-6-23-16-7-22-13(17(19)20)10-26(14)16;1-11-12(25-30(2,28)29)4-3-7-26(11)15-5-6-21-18(24-15)14-8-23-16-9-22-13(17(19)20)10-27(14)16;18-15(19)11-8-26-12(5-23-14(26)6-22-11)17-21-2-1-13(24-17)25-3-4-28-9-10(7-25)16(20)27;1-11-3-2-6-24(9-11)14-4-5-20-17(23-14)13-7-22-15-8-21-12(16(18)19)10-25(13)15/h6-7,9-12,14,18H,1-5,8H2;4-7,10-12,17H,2-3,8-9H2,1H3;5-6,8-12,17,25H,3-4,7H2,1-2H3;1-2,5-6,8,10,15H,3-4,7,9H2,(H2,20,27);4-5,7-8,10-11,16H,2-3,6,9H2,1H3/t;;;;11-/m....1/s1. The van der Waals surface area contributed by atoms with E-state index in [9.17, 15) is 65.5 Å². The largest absolute Gasteiger partial charge is 0.379 e. The maximum absolute atomic E-state index is 13.1. The third-order valence-corrected chi connectivity index (χ3v) is 27.7. The number of ether oxygens (including phenoxy) is 1. The molecule has 39 nitrogen and oxygen atoms in total. The van der Waals surface area contributed by atoms with Gasteiger partial charge in [-0.05, 0) is 113 Å². The number of nitrogens with one attached hydrogen (secondary N) is 1. The Labute approximate surface area is 793 Å². The number of piperazine rings is 1. The molecule has 7 fully saturated rings. The van der Waals surface area contributed by atoms with Crippen LogP contribution in [0, 0.1) is 17.8 Å². The number of nitrogens with two attached hydrogens (primary N) is 1. The Morgan fingerprint density at radius 1 is 0.393 bits per heavy atom. The van der Waals surface area contributed by atoms with Crippen molar-refractivity contribution in [1.29, 1.82) is 0 Å². The van der Waals surface area contributed by atoms with Gasteiger partial charge in [-0.1, -0.05) is 13.3 Å². The number of primary amides is 1. The maximum atomic E-state index is 13.1. The van der Waals surface area contributed by atoms with Crippen molar-refractivity contribution in [1.82, 2.24) is 131 Å². The van der Waals surface area contributed by atoms with Gasteiger partial charge in [0, 0.05) is 145 Å². The number of hydrogen-bond donors (Lipinski definition) is 2. The van der Waals surface area contributed by atoms with Gasteiger partial charge in [-0.15, -0.1) is 0 Å². The van der Waals surface area contributed by atoms with Crippen molar-refractivity contribution in [2.45, 2.75) is 147 Å². The van der Waals surface area contributed by atoms with E-state index in [-0.39, 0.29) is 59.2 Å². The van der Waals surface area contributed by atoms with Crippen LogP contribution in [0.3, 0.4) is 0 Å². The lowest BCUT2D eigenvalue weighted by Crippen LogP contribution is -2.55. The molecule has 7 aliphatic rings. The summed E-state index contributed by atoms with van der Waals surface area (Å²) in [6, 6.07) is 9.11. The van der Waals surface area contributed by atoms with Crippen LogP contribution < -0.4 is 35.0 Å². The van der Waals surface area contributed by atoms with E-state index in [1.807, 2.05) is 28.9 Å². The van der Waals surface area contributed by atoms with Gasteiger partial charge in [-0.25, -0.2) is 165 Å². The van der Waals surface area contributed by atoms with E-state index >= 15 is 0 Å². The van der Waals surface area contributed by atoms with Gasteiger partial charge in [0.05, 0.1) is 93.6 Å². The number of piperidine rings is 3. The second kappa shape index (κ2) is 41.2. The van der Waals surface area contributed by atoms with Crippen LogP contribution in [-0.4, -0.2) is 257 Å². The molecule has 2 bridgehead atoms. The Balaban J connectivity index is 0.000000116. The number of anilines is 5. The second-order valence-electron chi connectivity index (χ2n) is 35.0.